The van der Waals surface area contributed by atoms with E-state index in [1.807, 2.05) is 0 Å². The van der Waals surface area contributed by atoms with Gasteiger partial charge in [-0.2, -0.15) is 0 Å². The van der Waals surface area contributed by atoms with Gasteiger partial charge in [0.15, 0.2) is 20.9 Å². The van der Waals surface area contributed by atoms with Crippen molar-refractivity contribution in [1.82, 2.24) is 10.6 Å². The Balaban J connectivity index is 3.24. The van der Waals surface area contributed by atoms with E-state index < -0.39 is 25.8 Å². The first-order valence-electron chi connectivity index (χ1n) is 4.23. The highest BCUT2D eigenvalue weighted by Crippen LogP contribution is 1.74. The summed E-state index contributed by atoms with van der Waals surface area (Å²) in [6, 6.07) is 0. The molecule has 0 radical (unpaired) electrons. The number of aliphatic hydroxyl groups excluding tert-OH is 2. The number of rotatable bonds is 6. The molecule has 0 spiro atoms. The second-order valence-electron chi connectivity index (χ2n) is 2.33. The summed E-state index contributed by atoms with van der Waals surface area (Å²) in [4.78, 5) is 21.2. The van der Waals surface area contributed by atoms with Crippen LogP contribution in [0.5, 0.6) is 0 Å². The molecule has 0 aliphatic carbocycles. The van der Waals surface area contributed by atoms with Crippen LogP contribution in [0.4, 0.5) is 9.59 Å². The molecule has 0 aliphatic rings. The average Bonchev–Trinajstić information content (AvgIpc) is 2.18. The third-order valence-electron chi connectivity index (χ3n) is 1.28. The van der Waals surface area contributed by atoms with Crippen molar-refractivity contribution in [1.29, 1.82) is 0 Å². The molecular formula is C6H13BN2O6. The van der Waals surface area contributed by atoms with E-state index in [2.05, 4.69) is 20.1 Å². The lowest BCUT2D eigenvalue weighted by Gasteiger charge is -2.04. The van der Waals surface area contributed by atoms with E-state index in [1.54, 1.807) is 0 Å². The van der Waals surface area contributed by atoms with Gasteiger partial charge in [-0.1, -0.05) is 0 Å². The predicted octanol–water partition coefficient (Wildman–Crippen LogP) is -2.31. The second kappa shape index (κ2) is 9.09. The van der Waals surface area contributed by atoms with Gasteiger partial charge in [0, 0.05) is 0 Å². The summed E-state index contributed by atoms with van der Waals surface area (Å²) in [5.74, 6) is 0. The molecule has 2 amide bonds. The first-order chi connectivity index (χ1) is 7.20. The maximum atomic E-state index is 10.6. The molecule has 15 heavy (non-hydrogen) atoms. The number of carbonyl (C=O) groups is 2. The lowest BCUT2D eigenvalue weighted by molar-refractivity contribution is 0.0445. The topological polar surface area (TPSA) is 117 Å². The third-order valence-corrected chi connectivity index (χ3v) is 1.28. The molecule has 0 fully saturated rings. The van der Waals surface area contributed by atoms with Crippen LogP contribution in [0.15, 0.2) is 0 Å². The summed E-state index contributed by atoms with van der Waals surface area (Å²) in [7, 11) is 0.473. The molecule has 0 aliphatic heterocycles. The van der Waals surface area contributed by atoms with Crippen LogP contribution >= 0.6 is 0 Å². The second-order valence-corrected chi connectivity index (χ2v) is 2.33. The molecule has 4 N–H and O–H groups in total. The molecule has 0 saturated carbocycles. The molecular weight excluding hydrogens is 207 g/mol. The fraction of sp³-hybridized carbons (Fsp3) is 0.667. The highest BCUT2D eigenvalue weighted by atomic mass is 16.6. The normalized spacial score (nSPS) is 8.93. The molecule has 9 heteroatoms. The van der Waals surface area contributed by atoms with Crippen LogP contribution < -0.4 is 10.6 Å². The first kappa shape index (κ1) is 13.5. The van der Waals surface area contributed by atoms with Crippen LogP contribution in [-0.2, 0) is 9.47 Å². The van der Waals surface area contributed by atoms with Crippen molar-refractivity contribution >= 4 is 19.5 Å². The minimum Gasteiger partial charge on any atom is -0.423 e. The fourth-order valence-electron chi connectivity index (χ4n) is 0.689. The number of alkyl carbamates (subject to hydrolysis) is 2. The van der Waals surface area contributed by atoms with Crippen molar-refractivity contribution in [2.45, 2.75) is 0 Å². The predicted molar refractivity (Wildman–Crippen MR) is 50.3 cm³/mol. The highest BCUT2D eigenvalue weighted by molar-refractivity contribution is 6.36. The van der Waals surface area contributed by atoms with Gasteiger partial charge in [-0.3, -0.25) is 0 Å². The van der Waals surface area contributed by atoms with Gasteiger partial charge >= 0.3 is 12.2 Å². The third kappa shape index (κ3) is 8.84. The fourth-order valence-corrected chi connectivity index (χ4v) is 0.689. The van der Waals surface area contributed by atoms with Crippen molar-refractivity contribution in [2.24, 2.45) is 0 Å². The zero-order chi connectivity index (χ0) is 11.5. The molecule has 0 atom stereocenters. The zero-order valence-corrected chi connectivity index (χ0v) is 8.06. The van der Waals surface area contributed by atoms with Crippen LogP contribution in [0.3, 0.4) is 0 Å². The Morgan fingerprint density at radius 1 is 1.00 bits per heavy atom. The Hall–Kier alpha value is -1.48. The Bertz CT molecular complexity index is 182. The Morgan fingerprint density at radius 3 is 1.73 bits per heavy atom. The van der Waals surface area contributed by atoms with Gasteiger partial charge in [0.25, 0.3) is 0 Å². The smallest absolute Gasteiger partial charge is 0.408 e. The van der Waals surface area contributed by atoms with Crippen LogP contribution in [0.2, 0.25) is 0 Å². The summed E-state index contributed by atoms with van der Waals surface area (Å²) in [5, 5.41) is 21.0. The van der Waals surface area contributed by atoms with E-state index in [1.165, 1.54) is 0 Å². The molecule has 0 aromatic carbocycles. The van der Waals surface area contributed by atoms with Gasteiger partial charge in [-0.25, -0.2) is 9.59 Å². The van der Waals surface area contributed by atoms with Crippen LogP contribution in [0, 0.1) is 0 Å². The largest absolute Gasteiger partial charge is 0.423 e. The lowest BCUT2D eigenvalue weighted by Crippen LogP contribution is -2.35. The zero-order valence-electron chi connectivity index (χ0n) is 8.06. The number of aliphatic hydroxyl groups is 2. The van der Waals surface area contributed by atoms with Gasteiger partial charge in [-0.15, -0.1) is 0 Å². The summed E-state index contributed by atoms with van der Waals surface area (Å²) >= 11 is 0. The number of nitrogens with one attached hydrogen (secondary N) is 2. The Morgan fingerprint density at radius 2 is 1.40 bits per heavy atom. The summed E-state index contributed by atoms with van der Waals surface area (Å²) < 4.78 is 8.34. The number of hydrogen-bond acceptors (Lipinski definition) is 6. The van der Waals surface area contributed by atoms with Crippen molar-refractivity contribution in [2.75, 3.05) is 26.5 Å². The average molecular weight is 220 g/mol. The summed E-state index contributed by atoms with van der Waals surface area (Å²) in [6.07, 6.45) is -0.873. The molecule has 0 unspecified atom stereocenters. The molecule has 8 nitrogen and oxygen atoms in total. The van der Waals surface area contributed by atoms with E-state index in [0.717, 1.165) is 0 Å². The van der Waals surface area contributed by atoms with Gasteiger partial charge in [-0.05, 0) is 12.9 Å². The Labute approximate surface area is 86.8 Å². The molecule has 0 aromatic heterocycles. The van der Waals surface area contributed by atoms with Crippen molar-refractivity contribution in [3.63, 3.8) is 0 Å². The van der Waals surface area contributed by atoms with E-state index in [4.69, 9.17) is 10.2 Å². The SMILES string of the molecule is O=C(NCBCNC(=O)OCO)OCO. The van der Waals surface area contributed by atoms with Gasteiger partial charge in [0.1, 0.15) is 0 Å². The molecule has 0 rings (SSSR count). The minimum absolute atomic E-state index is 0.290. The molecule has 86 valence electrons. The quantitative estimate of drug-likeness (QED) is 0.227. The maximum Gasteiger partial charge on any atom is 0.408 e. The van der Waals surface area contributed by atoms with E-state index in [0.29, 0.717) is 7.28 Å². The lowest BCUT2D eigenvalue weighted by atomic mass is 9.79. The maximum absolute atomic E-state index is 10.6. The minimum atomic E-state index is -0.726. The number of hydrogen-bond donors (Lipinski definition) is 4. The highest BCUT2D eigenvalue weighted by Gasteiger charge is 2.02. The van der Waals surface area contributed by atoms with Crippen molar-refractivity contribution in [3.05, 3.63) is 0 Å². The van der Waals surface area contributed by atoms with Gasteiger partial charge < -0.3 is 30.3 Å². The number of amides is 2. The Kier molecular flexibility index (Phi) is 8.20. The monoisotopic (exact) mass is 220 g/mol. The number of ether oxygens (including phenoxy) is 2. The van der Waals surface area contributed by atoms with Crippen LogP contribution in [0.25, 0.3) is 0 Å². The molecule has 0 bridgehead atoms. The number of carbonyl (C=O) groups excluding carboxylic acids is 2. The molecule has 0 saturated heterocycles. The van der Waals surface area contributed by atoms with Gasteiger partial charge in [0.2, 0.25) is 0 Å². The van der Waals surface area contributed by atoms with E-state index in [9.17, 15) is 9.59 Å². The molecule has 0 aromatic rings. The first-order valence-corrected chi connectivity index (χ1v) is 4.23. The van der Waals surface area contributed by atoms with Crippen molar-refractivity contribution < 1.29 is 29.3 Å². The van der Waals surface area contributed by atoms with Crippen molar-refractivity contribution in [3.8, 4) is 0 Å². The molecule has 0 heterocycles. The summed E-state index contributed by atoms with van der Waals surface area (Å²) in [6.45, 7) is -1.35. The summed E-state index contributed by atoms with van der Waals surface area (Å²) in [5.41, 5.74) is 0. The van der Waals surface area contributed by atoms with Crippen LogP contribution in [-0.4, -0.2) is 56.2 Å². The van der Waals surface area contributed by atoms with E-state index in [-0.39, 0.29) is 12.9 Å². The van der Waals surface area contributed by atoms with Crippen LogP contribution in [0.1, 0.15) is 0 Å². The van der Waals surface area contributed by atoms with Gasteiger partial charge in [0.05, 0.1) is 0 Å². The van der Waals surface area contributed by atoms with E-state index >= 15 is 0 Å². The standard InChI is InChI=1S/C6H13BN2O6/c10-3-14-5(12)8-1-7-2-9-6(13)15-4-11/h7,10-11H,1-4H2,(H,8,12)(H,9,13).